The van der Waals surface area contributed by atoms with E-state index in [1.54, 1.807) is 0 Å². The van der Waals surface area contributed by atoms with Crippen molar-refractivity contribution in [2.24, 2.45) is 0 Å². The van der Waals surface area contributed by atoms with Crippen molar-refractivity contribution in [3.05, 3.63) is 35.4 Å². The van der Waals surface area contributed by atoms with E-state index < -0.39 is 0 Å². The molecule has 19 heavy (non-hydrogen) atoms. The molecule has 1 aliphatic carbocycles. The van der Waals surface area contributed by atoms with Crippen molar-refractivity contribution in [2.75, 3.05) is 13.6 Å². The molecule has 0 aromatic heterocycles. The van der Waals surface area contributed by atoms with Crippen LogP contribution >= 0.6 is 0 Å². The van der Waals surface area contributed by atoms with Gasteiger partial charge in [-0.15, -0.1) is 0 Å². The zero-order valence-corrected chi connectivity index (χ0v) is 12.5. The number of hydrogen-bond donors (Lipinski definition) is 1. The largest absolute Gasteiger partial charge is 0.310 e. The average molecular weight is 260 g/mol. The Morgan fingerprint density at radius 3 is 2.42 bits per heavy atom. The topological polar surface area (TPSA) is 15.3 Å². The first-order valence-corrected chi connectivity index (χ1v) is 7.77. The van der Waals surface area contributed by atoms with Crippen LogP contribution < -0.4 is 5.32 Å². The van der Waals surface area contributed by atoms with E-state index in [2.05, 4.69) is 48.5 Å². The Labute approximate surface area is 118 Å². The number of benzene rings is 1. The van der Waals surface area contributed by atoms with Crippen LogP contribution in [0.2, 0.25) is 0 Å². The molecule has 0 bridgehead atoms. The number of unbranched alkanes of at least 4 members (excludes halogenated alkanes) is 2. The van der Waals surface area contributed by atoms with Crippen molar-refractivity contribution in [1.29, 1.82) is 0 Å². The highest BCUT2D eigenvalue weighted by atomic mass is 15.1. The van der Waals surface area contributed by atoms with Gasteiger partial charge in [0, 0.05) is 19.1 Å². The lowest BCUT2D eigenvalue weighted by atomic mass is 10.1. The van der Waals surface area contributed by atoms with Crippen LogP contribution in [0.15, 0.2) is 24.3 Å². The summed E-state index contributed by atoms with van der Waals surface area (Å²) in [7, 11) is 2.22. The highest BCUT2D eigenvalue weighted by molar-refractivity contribution is 5.22. The van der Waals surface area contributed by atoms with Crippen LogP contribution in [0.3, 0.4) is 0 Å². The molecule has 0 heterocycles. The SMILES string of the molecule is CCCCCN(C)Cc1ccc(CNC2CC2)cc1. The van der Waals surface area contributed by atoms with E-state index in [9.17, 15) is 0 Å². The Balaban J connectivity index is 1.70. The fraction of sp³-hybridized carbons (Fsp3) is 0.647. The van der Waals surface area contributed by atoms with E-state index in [1.807, 2.05) is 0 Å². The maximum absolute atomic E-state index is 3.56. The molecule has 2 rings (SSSR count). The molecule has 0 amide bonds. The summed E-state index contributed by atoms with van der Waals surface area (Å²) in [4.78, 5) is 2.42. The van der Waals surface area contributed by atoms with Crippen LogP contribution in [0.1, 0.15) is 50.2 Å². The fourth-order valence-electron chi connectivity index (χ4n) is 2.33. The molecule has 2 nitrogen and oxygen atoms in total. The quantitative estimate of drug-likeness (QED) is 0.683. The molecule has 0 atom stereocenters. The third-order valence-corrected chi connectivity index (χ3v) is 3.79. The predicted octanol–water partition coefficient (Wildman–Crippen LogP) is 3.56. The van der Waals surface area contributed by atoms with Crippen LogP contribution in [0.4, 0.5) is 0 Å². The molecule has 1 aromatic rings. The van der Waals surface area contributed by atoms with Crippen molar-refractivity contribution in [1.82, 2.24) is 10.2 Å². The van der Waals surface area contributed by atoms with E-state index in [0.29, 0.717) is 0 Å². The lowest BCUT2D eigenvalue weighted by molar-refractivity contribution is 0.318. The average Bonchev–Trinajstić information content (AvgIpc) is 3.22. The molecular formula is C17H28N2. The van der Waals surface area contributed by atoms with Crippen LogP contribution in [0.25, 0.3) is 0 Å². The predicted molar refractivity (Wildman–Crippen MR) is 82.2 cm³/mol. The number of nitrogens with zero attached hydrogens (tertiary/aromatic N) is 1. The van der Waals surface area contributed by atoms with Gasteiger partial charge in [0.05, 0.1) is 0 Å². The molecule has 1 fully saturated rings. The van der Waals surface area contributed by atoms with Gasteiger partial charge in [0.15, 0.2) is 0 Å². The summed E-state index contributed by atoms with van der Waals surface area (Å²) in [5.74, 6) is 0. The van der Waals surface area contributed by atoms with Crippen molar-refractivity contribution in [3.8, 4) is 0 Å². The third-order valence-electron chi connectivity index (χ3n) is 3.79. The first kappa shape index (κ1) is 14.5. The monoisotopic (exact) mass is 260 g/mol. The summed E-state index contributed by atoms with van der Waals surface area (Å²) in [6.45, 7) is 5.56. The Hall–Kier alpha value is -0.860. The van der Waals surface area contributed by atoms with E-state index >= 15 is 0 Å². The molecule has 1 N–H and O–H groups in total. The van der Waals surface area contributed by atoms with Gasteiger partial charge < -0.3 is 10.2 Å². The highest BCUT2D eigenvalue weighted by Crippen LogP contribution is 2.19. The summed E-state index contributed by atoms with van der Waals surface area (Å²) in [6.07, 6.45) is 6.68. The molecular weight excluding hydrogens is 232 g/mol. The zero-order valence-electron chi connectivity index (χ0n) is 12.5. The Morgan fingerprint density at radius 1 is 1.11 bits per heavy atom. The number of rotatable bonds is 9. The summed E-state index contributed by atoms with van der Waals surface area (Å²) >= 11 is 0. The molecule has 2 heteroatoms. The minimum atomic E-state index is 0.796. The van der Waals surface area contributed by atoms with Gasteiger partial charge in [-0.25, -0.2) is 0 Å². The summed E-state index contributed by atoms with van der Waals surface area (Å²) in [5, 5.41) is 3.56. The highest BCUT2D eigenvalue weighted by Gasteiger charge is 2.19. The first-order chi connectivity index (χ1) is 9.28. The summed E-state index contributed by atoms with van der Waals surface area (Å²) < 4.78 is 0. The summed E-state index contributed by atoms with van der Waals surface area (Å²) in [6, 6.07) is 9.89. The van der Waals surface area contributed by atoms with Crippen LogP contribution in [0.5, 0.6) is 0 Å². The van der Waals surface area contributed by atoms with Gasteiger partial charge in [0.25, 0.3) is 0 Å². The first-order valence-electron chi connectivity index (χ1n) is 7.77. The number of nitrogens with one attached hydrogen (secondary N) is 1. The van der Waals surface area contributed by atoms with Gasteiger partial charge in [-0.05, 0) is 44.0 Å². The Kier molecular flexibility index (Phi) is 5.87. The standard InChI is InChI=1S/C17H28N2/c1-3-4-5-12-19(2)14-16-8-6-15(7-9-16)13-18-17-10-11-17/h6-9,17-18H,3-5,10-14H2,1-2H3. The fourth-order valence-corrected chi connectivity index (χ4v) is 2.33. The van der Waals surface area contributed by atoms with E-state index in [0.717, 1.165) is 19.1 Å². The minimum absolute atomic E-state index is 0.796. The van der Waals surface area contributed by atoms with E-state index in [1.165, 1.54) is 49.8 Å². The van der Waals surface area contributed by atoms with Crippen molar-refractivity contribution in [2.45, 2.75) is 58.2 Å². The molecule has 1 aliphatic rings. The Morgan fingerprint density at radius 2 is 1.79 bits per heavy atom. The van der Waals surface area contributed by atoms with Gasteiger partial charge in [-0.1, -0.05) is 44.0 Å². The zero-order chi connectivity index (χ0) is 13.5. The molecule has 0 spiro atoms. The molecule has 0 aliphatic heterocycles. The van der Waals surface area contributed by atoms with Gasteiger partial charge in [0.2, 0.25) is 0 Å². The normalized spacial score (nSPS) is 15.1. The maximum Gasteiger partial charge on any atom is 0.0230 e. The van der Waals surface area contributed by atoms with Crippen molar-refractivity contribution < 1.29 is 0 Å². The molecule has 1 aromatic carbocycles. The van der Waals surface area contributed by atoms with E-state index in [4.69, 9.17) is 0 Å². The van der Waals surface area contributed by atoms with Crippen molar-refractivity contribution >= 4 is 0 Å². The lowest BCUT2D eigenvalue weighted by Gasteiger charge is -2.16. The molecule has 0 saturated heterocycles. The second kappa shape index (κ2) is 7.66. The lowest BCUT2D eigenvalue weighted by Crippen LogP contribution is -2.19. The minimum Gasteiger partial charge on any atom is -0.310 e. The Bertz CT molecular complexity index is 354. The molecule has 0 radical (unpaired) electrons. The van der Waals surface area contributed by atoms with Gasteiger partial charge >= 0.3 is 0 Å². The maximum atomic E-state index is 3.56. The number of hydrogen-bond acceptors (Lipinski definition) is 2. The van der Waals surface area contributed by atoms with Crippen LogP contribution in [-0.4, -0.2) is 24.5 Å². The summed E-state index contributed by atoms with van der Waals surface area (Å²) in [5.41, 5.74) is 2.83. The second-order valence-electron chi connectivity index (χ2n) is 5.92. The smallest absolute Gasteiger partial charge is 0.0230 e. The van der Waals surface area contributed by atoms with Gasteiger partial charge in [-0.3, -0.25) is 0 Å². The van der Waals surface area contributed by atoms with Gasteiger partial charge in [0.1, 0.15) is 0 Å². The van der Waals surface area contributed by atoms with Gasteiger partial charge in [-0.2, -0.15) is 0 Å². The van der Waals surface area contributed by atoms with Crippen LogP contribution in [0, 0.1) is 0 Å². The van der Waals surface area contributed by atoms with Crippen LogP contribution in [-0.2, 0) is 13.1 Å². The third kappa shape index (κ3) is 5.75. The second-order valence-corrected chi connectivity index (χ2v) is 5.92. The molecule has 106 valence electrons. The molecule has 0 unspecified atom stereocenters. The molecule has 1 saturated carbocycles. The van der Waals surface area contributed by atoms with Crippen molar-refractivity contribution in [3.63, 3.8) is 0 Å². The van der Waals surface area contributed by atoms with E-state index in [-0.39, 0.29) is 0 Å².